The molecule has 3 nitrogen and oxygen atoms in total. The van der Waals surface area contributed by atoms with Crippen molar-refractivity contribution in [2.45, 2.75) is 24.7 Å². The van der Waals surface area contributed by atoms with E-state index in [9.17, 15) is 0 Å². The molecule has 1 spiro atoms. The lowest BCUT2D eigenvalue weighted by atomic mass is 9.66. The van der Waals surface area contributed by atoms with E-state index in [-0.39, 0.29) is 5.41 Å². The fourth-order valence-corrected chi connectivity index (χ4v) is 12.0. The molecule has 0 atom stereocenters. The van der Waals surface area contributed by atoms with Gasteiger partial charge in [0.1, 0.15) is 22.7 Å². The number of para-hydroxylation sites is 2. The Hall–Kier alpha value is -8.40. The van der Waals surface area contributed by atoms with Gasteiger partial charge in [0, 0.05) is 44.4 Å². The summed E-state index contributed by atoms with van der Waals surface area (Å²) < 4.78 is 13.4. The molecular formula is C64H43NO2. The second kappa shape index (κ2) is 14.1. The predicted octanol–water partition coefficient (Wildman–Crippen LogP) is 17.2. The van der Waals surface area contributed by atoms with Crippen LogP contribution in [0.2, 0.25) is 0 Å². The summed E-state index contributed by atoms with van der Waals surface area (Å²) in [4.78, 5) is 2.48. The third kappa shape index (κ3) is 5.34. The van der Waals surface area contributed by atoms with Crippen LogP contribution in [0.15, 0.2) is 229 Å². The van der Waals surface area contributed by atoms with Crippen LogP contribution in [-0.2, 0) is 10.8 Å². The number of hydrogen-bond acceptors (Lipinski definition) is 3. The van der Waals surface area contributed by atoms with Crippen LogP contribution >= 0.6 is 0 Å². The van der Waals surface area contributed by atoms with E-state index in [0.29, 0.717) is 0 Å². The minimum atomic E-state index is -0.615. The molecule has 0 amide bonds. The number of fused-ring (bicyclic) bond motifs is 15. The Bertz CT molecular complexity index is 3790. The number of benzene rings is 10. The van der Waals surface area contributed by atoms with Gasteiger partial charge in [-0.05, 0) is 133 Å². The van der Waals surface area contributed by atoms with E-state index in [1.165, 1.54) is 44.5 Å². The van der Waals surface area contributed by atoms with E-state index in [1.807, 2.05) is 6.07 Å². The monoisotopic (exact) mass is 857 g/mol. The molecule has 0 bridgehead atoms. The summed E-state index contributed by atoms with van der Waals surface area (Å²) in [5, 5.41) is 2.22. The van der Waals surface area contributed by atoms with Crippen LogP contribution in [0.5, 0.6) is 11.5 Å². The maximum atomic E-state index is 6.96. The van der Waals surface area contributed by atoms with Crippen molar-refractivity contribution in [1.29, 1.82) is 0 Å². The predicted molar refractivity (Wildman–Crippen MR) is 274 cm³/mol. The van der Waals surface area contributed by atoms with Crippen LogP contribution in [0, 0.1) is 0 Å². The van der Waals surface area contributed by atoms with Crippen LogP contribution in [0.1, 0.15) is 47.2 Å². The zero-order valence-corrected chi connectivity index (χ0v) is 37.1. The van der Waals surface area contributed by atoms with Gasteiger partial charge in [0.2, 0.25) is 0 Å². The molecule has 14 rings (SSSR count). The van der Waals surface area contributed by atoms with Crippen molar-refractivity contribution in [2.75, 3.05) is 4.90 Å². The summed E-state index contributed by atoms with van der Waals surface area (Å²) in [6.07, 6.45) is 0. The van der Waals surface area contributed by atoms with Crippen molar-refractivity contribution < 1.29 is 9.15 Å². The Kier molecular flexibility index (Phi) is 7.95. The van der Waals surface area contributed by atoms with Gasteiger partial charge < -0.3 is 14.1 Å². The van der Waals surface area contributed by atoms with Gasteiger partial charge in [0.15, 0.2) is 0 Å². The molecule has 0 saturated carbocycles. The highest BCUT2D eigenvalue weighted by atomic mass is 16.5. The molecule has 67 heavy (non-hydrogen) atoms. The third-order valence-corrected chi connectivity index (χ3v) is 14.9. The van der Waals surface area contributed by atoms with Crippen LogP contribution in [0.4, 0.5) is 17.1 Å². The maximum Gasteiger partial charge on any atom is 0.136 e. The van der Waals surface area contributed by atoms with Crippen LogP contribution in [0.3, 0.4) is 0 Å². The molecule has 3 aliphatic rings. The highest BCUT2D eigenvalue weighted by molar-refractivity contribution is 6.13. The Labute approximate surface area is 389 Å². The van der Waals surface area contributed by atoms with Crippen LogP contribution in [-0.4, -0.2) is 0 Å². The van der Waals surface area contributed by atoms with E-state index < -0.39 is 5.41 Å². The summed E-state index contributed by atoms with van der Waals surface area (Å²) in [7, 11) is 0. The standard InChI is InChI=1S/C64H43NO2/c1-63(2)52-24-10-6-19-47(52)50-33-31-43(38-56(50)63)65(45-36-41(40-17-4-3-5-18-40)35-42(37-45)46-23-16-30-61-62(46)51-22-9-14-28-58(51)66-61)44-32-34-60-57(39-44)64(55-27-13-15-29-59(55)67-60)53-25-11-7-20-48(53)49-21-8-12-26-54(49)64/h3-39H,1-2H3. The molecule has 10 aromatic carbocycles. The lowest BCUT2D eigenvalue weighted by Crippen LogP contribution is -2.32. The summed E-state index contributed by atoms with van der Waals surface area (Å²) in [5.41, 5.74) is 21.2. The van der Waals surface area contributed by atoms with Gasteiger partial charge in [-0.3, -0.25) is 0 Å². The molecule has 2 heterocycles. The molecular weight excluding hydrogens is 815 g/mol. The minimum absolute atomic E-state index is 0.197. The highest BCUT2D eigenvalue weighted by Gasteiger charge is 2.51. The third-order valence-electron chi connectivity index (χ3n) is 14.9. The molecule has 3 heteroatoms. The van der Waals surface area contributed by atoms with Crippen molar-refractivity contribution in [1.82, 2.24) is 0 Å². The van der Waals surface area contributed by atoms with Gasteiger partial charge in [0.05, 0.1) is 5.41 Å². The highest BCUT2D eigenvalue weighted by Crippen LogP contribution is 2.63. The normalized spacial score (nSPS) is 14.2. The Morgan fingerprint density at radius 1 is 0.343 bits per heavy atom. The molecule has 0 fully saturated rings. The van der Waals surface area contributed by atoms with Crippen molar-refractivity contribution in [3.63, 3.8) is 0 Å². The number of anilines is 3. The average Bonchev–Trinajstić information content (AvgIpc) is 3.98. The fourth-order valence-electron chi connectivity index (χ4n) is 12.0. The first-order chi connectivity index (χ1) is 33.0. The number of nitrogens with zero attached hydrogens (tertiary/aromatic N) is 1. The molecule has 0 saturated heterocycles. The summed E-state index contributed by atoms with van der Waals surface area (Å²) >= 11 is 0. The van der Waals surface area contributed by atoms with Gasteiger partial charge in [-0.2, -0.15) is 0 Å². The van der Waals surface area contributed by atoms with Crippen LogP contribution < -0.4 is 9.64 Å². The first-order valence-corrected chi connectivity index (χ1v) is 23.2. The van der Waals surface area contributed by atoms with E-state index in [1.54, 1.807) is 0 Å². The smallest absolute Gasteiger partial charge is 0.136 e. The Balaban J connectivity index is 1.06. The van der Waals surface area contributed by atoms with Crippen molar-refractivity contribution >= 4 is 39.0 Å². The topological polar surface area (TPSA) is 25.6 Å². The number of rotatable bonds is 5. The molecule has 1 aromatic heterocycles. The molecule has 0 radical (unpaired) electrons. The minimum Gasteiger partial charge on any atom is -0.457 e. The van der Waals surface area contributed by atoms with Gasteiger partial charge in [-0.15, -0.1) is 0 Å². The van der Waals surface area contributed by atoms with Crippen molar-refractivity contribution in [2.24, 2.45) is 0 Å². The Morgan fingerprint density at radius 3 is 1.67 bits per heavy atom. The van der Waals surface area contributed by atoms with Gasteiger partial charge in [0.25, 0.3) is 0 Å². The number of furan rings is 1. The molecule has 1 aliphatic heterocycles. The van der Waals surface area contributed by atoms with E-state index >= 15 is 0 Å². The largest absolute Gasteiger partial charge is 0.457 e. The van der Waals surface area contributed by atoms with Crippen LogP contribution in [0.25, 0.3) is 66.4 Å². The summed E-state index contributed by atoms with van der Waals surface area (Å²) in [6, 6.07) is 82.0. The van der Waals surface area contributed by atoms with Crippen molar-refractivity contribution in [3.05, 3.63) is 258 Å². The quantitative estimate of drug-likeness (QED) is 0.172. The zero-order valence-electron chi connectivity index (χ0n) is 37.1. The first-order valence-electron chi connectivity index (χ1n) is 23.2. The molecule has 11 aromatic rings. The van der Waals surface area contributed by atoms with Gasteiger partial charge in [-0.25, -0.2) is 0 Å². The molecule has 2 aliphatic carbocycles. The summed E-state index contributed by atoms with van der Waals surface area (Å²) in [6.45, 7) is 4.73. The maximum absolute atomic E-state index is 6.96. The zero-order chi connectivity index (χ0) is 44.4. The average molecular weight is 858 g/mol. The second-order valence-electron chi connectivity index (χ2n) is 18.8. The lowest BCUT2D eigenvalue weighted by Gasteiger charge is -2.40. The fraction of sp³-hybridized carbons (Fsp3) is 0.0625. The molecule has 0 N–H and O–H groups in total. The van der Waals surface area contributed by atoms with Crippen molar-refractivity contribution in [3.8, 4) is 56.0 Å². The Morgan fingerprint density at radius 2 is 0.896 bits per heavy atom. The number of hydrogen-bond donors (Lipinski definition) is 0. The van der Waals surface area contributed by atoms with E-state index in [2.05, 4.69) is 237 Å². The SMILES string of the molecule is CC1(C)c2ccccc2-c2ccc(N(c3cc(-c4ccccc4)cc(-c4cccc5oc6ccccc6c45)c3)c3ccc4c(c3)C3(c5ccccc5O4)c4ccccc4-c4ccccc43)cc21. The van der Waals surface area contributed by atoms with E-state index in [0.717, 1.165) is 83.9 Å². The first kappa shape index (κ1) is 37.9. The number of ether oxygens (including phenoxy) is 1. The second-order valence-corrected chi connectivity index (χ2v) is 18.8. The lowest BCUT2D eigenvalue weighted by molar-refractivity contribution is 0.436. The van der Waals surface area contributed by atoms with Gasteiger partial charge >= 0.3 is 0 Å². The summed E-state index contributed by atoms with van der Waals surface area (Å²) in [5.74, 6) is 1.74. The molecule has 0 unspecified atom stereocenters. The molecule has 316 valence electrons. The van der Waals surface area contributed by atoms with Gasteiger partial charge in [-0.1, -0.05) is 172 Å². The van der Waals surface area contributed by atoms with E-state index in [4.69, 9.17) is 9.15 Å².